The zero-order valence-electron chi connectivity index (χ0n) is 10.4. The predicted molar refractivity (Wildman–Crippen MR) is 63.6 cm³/mol. The van der Waals surface area contributed by atoms with Crippen molar-refractivity contribution < 1.29 is 14.6 Å². The van der Waals surface area contributed by atoms with Crippen molar-refractivity contribution in [3.63, 3.8) is 0 Å². The van der Waals surface area contributed by atoms with Crippen LogP contribution in [0.1, 0.15) is 19.3 Å². The van der Waals surface area contributed by atoms with E-state index in [4.69, 9.17) is 9.84 Å². The van der Waals surface area contributed by atoms with Gasteiger partial charge in [-0.2, -0.15) is 0 Å². The van der Waals surface area contributed by atoms with E-state index >= 15 is 0 Å². The van der Waals surface area contributed by atoms with Gasteiger partial charge in [-0.1, -0.05) is 0 Å². The van der Waals surface area contributed by atoms with Crippen molar-refractivity contribution >= 4 is 5.91 Å². The fourth-order valence-electron chi connectivity index (χ4n) is 2.74. The molecule has 0 aliphatic carbocycles. The van der Waals surface area contributed by atoms with Crippen LogP contribution in [0.3, 0.4) is 0 Å². The second-order valence-electron chi connectivity index (χ2n) is 5.01. The Labute approximate surface area is 102 Å². The minimum absolute atomic E-state index is 0.0761. The number of aliphatic hydroxyl groups excluding tert-OH is 1. The first-order chi connectivity index (χ1) is 8.24. The summed E-state index contributed by atoms with van der Waals surface area (Å²) in [6.07, 6.45) is 2.77. The fourth-order valence-corrected chi connectivity index (χ4v) is 2.74. The number of hydrogen-bond donors (Lipinski definition) is 2. The average molecular weight is 242 g/mol. The molecule has 5 nitrogen and oxygen atoms in total. The van der Waals surface area contributed by atoms with E-state index in [2.05, 4.69) is 5.32 Å². The van der Waals surface area contributed by atoms with Gasteiger partial charge in [0.15, 0.2) is 0 Å². The van der Waals surface area contributed by atoms with Gasteiger partial charge in [0.05, 0.1) is 12.1 Å². The molecule has 0 aromatic carbocycles. The van der Waals surface area contributed by atoms with Gasteiger partial charge in [0, 0.05) is 33.4 Å². The van der Waals surface area contributed by atoms with E-state index < -0.39 is 0 Å². The number of amides is 1. The zero-order chi connectivity index (χ0) is 12.3. The van der Waals surface area contributed by atoms with Crippen molar-refractivity contribution in [2.24, 2.45) is 5.92 Å². The second-order valence-corrected chi connectivity index (χ2v) is 5.01. The summed E-state index contributed by atoms with van der Waals surface area (Å²) in [5.41, 5.74) is 0. The van der Waals surface area contributed by atoms with Gasteiger partial charge in [0.25, 0.3) is 0 Å². The van der Waals surface area contributed by atoms with Crippen LogP contribution in [0.2, 0.25) is 0 Å². The highest BCUT2D eigenvalue weighted by Gasteiger charge is 2.35. The first-order valence-corrected chi connectivity index (χ1v) is 6.40. The van der Waals surface area contributed by atoms with Gasteiger partial charge in [-0.25, -0.2) is 0 Å². The number of likely N-dealkylation sites (tertiary alicyclic amines) is 1. The van der Waals surface area contributed by atoms with Gasteiger partial charge in [0.2, 0.25) is 5.91 Å². The Morgan fingerprint density at radius 3 is 3.06 bits per heavy atom. The molecule has 0 spiro atoms. The molecular weight excluding hydrogens is 220 g/mol. The maximum absolute atomic E-state index is 12.2. The number of carbonyl (C=O) groups excluding carboxylic acids is 1. The summed E-state index contributed by atoms with van der Waals surface area (Å²) in [7, 11) is 1.69. The van der Waals surface area contributed by atoms with E-state index in [1.54, 1.807) is 7.11 Å². The second kappa shape index (κ2) is 5.80. The summed E-state index contributed by atoms with van der Waals surface area (Å²) in [6.45, 7) is 2.62. The third kappa shape index (κ3) is 2.97. The van der Waals surface area contributed by atoms with E-state index in [1.807, 2.05) is 4.90 Å². The van der Waals surface area contributed by atoms with Crippen LogP contribution in [-0.4, -0.2) is 61.4 Å². The van der Waals surface area contributed by atoms with Crippen LogP contribution in [0.5, 0.6) is 0 Å². The number of aliphatic hydroxyl groups is 1. The lowest BCUT2D eigenvalue weighted by atomic mass is 10.1. The molecule has 0 saturated carbocycles. The number of nitrogens with one attached hydrogen (secondary N) is 1. The minimum atomic E-state index is -0.0761. The molecule has 2 saturated heterocycles. The molecule has 2 heterocycles. The first kappa shape index (κ1) is 12.8. The van der Waals surface area contributed by atoms with Crippen molar-refractivity contribution in [1.82, 2.24) is 10.2 Å². The van der Waals surface area contributed by atoms with Gasteiger partial charge in [0.1, 0.15) is 0 Å². The van der Waals surface area contributed by atoms with Crippen LogP contribution in [0.15, 0.2) is 0 Å². The molecule has 3 atom stereocenters. The molecular formula is C12H22N2O3. The van der Waals surface area contributed by atoms with Crippen LogP contribution in [0.25, 0.3) is 0 Å². The Hall–Kier alpha value is -0.650. The van der Waals surface area contributed by atoms with Crippen molar-refractivity contribution in [1.29, 1.82) is 0 Å². The summed E-state index contributed by atoms with van der Waals surface area (Å²) < 4.78 is 5.25. The normalized spacial score (nSPS) is 33.3. The highest BCUT2D eigenvalue weighted by atomic mass is 16.5. The van der Waals surface area contributed by atoms with Gasteiger partial charge >= 0.3 is 0 Å². The van der Waals surface area contributed by atoms with Gasteiger partial charge in [-0.15, -0.1) is 0 Å². The molecule has 2 rings (SSSR count). The zero-order valence-corrected chi connectivity index (χ0v) is 10.4. The molecule has 2 aliphatic rings. The maximum atomic E-state index is 12.2. The lowest BCUT2D eigenvalue weighted by molar-refractivity contribution is -0.132. The van der Waals surface area contributed by atoms with Crippen LogP contribution in [-0.2, 0) is 9.53 Å². The monoisotopic (exact) mass is 242 g/mol. The molecule has 17 heavy (non-hydrogen) atoms. The van der Waals surface area contributed by atoms with Crippen LogP contribution >= 0.6 is 0 Å². The van der Waals surface area contributed by atoms with Gasteiger partial charge < -0.3 is 20.1 Å². The summed E-state index contributed by atoms with van der Waals surface area (Å²) in [5, 5.41) is 12.1. The Morgan fingerprint density at radius 1 is 1.59 bits per heavy atom. The lowest BCUT2D eigenvalue weighted by Gasteiger charge is -2.20. The highest BCUT2D eigenvalue weighted by Crippen LogP contribution is 2.21. The molecule has 3 unspecified atom stereocenters. The molecule has 98 valence electrons. The number of nitrogens with zero attached hydrogens (tertiary/aromatic N) is 1. The summed E-state index contributed by atoms with van der Waals surface area (Å²) >= 11 is 0. The third-order valence-corrected chi connectivity index (χ3v) is 3.86. The SMILES string of the molecule is COC1CNC(C(=O)N2CCC(CCO)C2)C1. The summed E-state index contributed by atoms with van der Waals surface area (Å²) in [5.74, 6) is 0.675. The predicted octanol–water partition coefficient (Wildman–Crippen LogP) is -0.406. The Bertz CT molecular complexity index is 272. The van der Waals surface area contributed by atoms with Crippen molar-refractivity contribution in [2.75, 3.05) is 33.4 Å². The first-order valence-electron chi connectivity index (χ1n) is 6.40. The van der Waals surface area contributed by atoms with Gasteiger partial charge in [-0.05, 0) is 25.2 Å². The van der Waals surface area contributed by atoms with Crippen molar-refractivity contribution in [2.45, 2.75) is 31.4 Å². The number of ether oxygens (including phenoxy) is 1. The molecule has 0 aromatic heterocycles. The van der Waals surface area contributed by atoms with Crippen LogP contribution in [0.4, 0.5) is 0 Å². The lowest BCUT2D eigenvalue weighted by Crippen LogP contribution is -2.42. The number of carbonyl (C=O) groups is 1. The molecule has 2 fully saturated rings. The van der Waals surface area contributed by atoms with Crippen LogP contribution in [0, 0.1) is 5.92 Å². The molecule has 0 radical (unpaired) electrons. The Kier molecular flexibility index (Phi) is 4.36. The third-order valence-electron chi connectivity index (χ3n) is 3.86. The van der Waals surface area contributed by atoms with Crippen molar-refractivity contribution in [3.05, 3.63) is 0 Å². The Morgan fingerprint density at radius 2 is 2.41 bits per heavy atom. The number of rotatable bonds is 4. The molecule has 5 heteroatoms. The quantitative estimate of drug-likeness (QED) is 0.704. The van der Waals surface area contributed by atoms with E-state index in [9.17, 15) is 4.79 Å². The molecule has 2 aliphatic heterocycles. The van der Waals surface area contributed by atoms with E-state index in [0.29, 0.717) is 5.92 Å². The molecule has 0 aromatic rings. The van der Waals surface area contributed by atoms with Gasteiger partial charge in [-0.3, -0.25) is 4.79 Å². The Balaban J connectivity index is 1.81. The van der Waals surface area contributed by atoms with Crippen molar-refractivity contribution in [3.8, 4) is 0 Å². The van der Waals surface area contributed by atoms with E-state index in [-0.39, 0.29) is 24.7 Å². The topological polar surface area (TPSA) is 61.8 Å². The molecule has 1 amide bonds. The summed E-state index contributed by atoms with van der Waals surface area (Å²) in [6, 6.07) is -0.0761. The van der Waals surface area contributed by atoms with Crippen LogP contribution < -0.4 is 5.32 Å². The average Bonchev–Trinajstić information content (AvgIpc) is 2.97. The minimum Gasteiger partial charge on any atom is -0.396 e. The molecule has 2 N–H and O–H groups in total. The fraction of sp³-hybridized carbons (Fsp3) is 0.917. The highest BCUT2D eigenvalue weighted by molar-refractivity contribution is 5.82. The van der Waals surface area contributed by atoms with E-state index in [0.717, 1.165) is 38.9 Å². The largest absolute Gasteiger partial charge is 0.396 e. The smallest absolute Gasteiger partial charge is 0.239 e. The summed E-state index contributed by atoms with van der Waals surface area (Å²) in [4.78, 5) is 14.1. The van der Waals surface area contributed by atoms with E-state index in [1.165, 1.54) is 0 Å². The standard InChI is InChI=1S/C12H22N2O3/c1-17-10-6-11(13-7-10)12(16)14-4-2-9(8-14)3-5-15/h9-11,13,15H,2-8H2,1H3. The maximum Gasteiger partial charge on any atom is 0.239 e. The number of hydrogen-bond acceptors (Lipinski definition) is 4. The molecule has 0 bridgehead atoms. The number of methoxy groups -OCH3 is 1.